The van der Waals surface area contributed by atoms with Gasteiger partial charge in [-0.3, -0.25) is 0 Å². The first-order chi connectivity index (χ1) is 8.66. The number of phenolic OH excluding ortho intramolecular Hbond substituents is 2. The van der Waals surface area contributed by atoms with Crippen molar-refractivity contribution in [3.05, 3.63) is 35.9 Å². The van der Waals surface area contributed by atoms with Crippen molar-refractivity contribution in [2.75, 3.05) is 6.54 Å². The zero-order valence-electron chi connectivity index (χ0n) is 10.8. The van der Waals surface area contributed by atoms with Gasteiger partial charge in [0, 0.05) is 17.7 Å². The minimum atomic E-state index is 0.0940. The molecule has 2 atom stereocenters. The summed E-state index contributed by atoms with van der Waals surface area (Å²) in [7, 11) is 0. The number of hydrogen-bond acceptors (Lipinski definition) is 3. The van der Waals surface area contributed by atoms with Crippen LogP contribution in [0.5, 0.6) is 11.5 Å². The van der Waals surface area contributed by atoms with E-state index in [1.165, 1.54) is 18.9 Å². The molecule has 0 saturated carbocycles. The Labute approximate surface area is 108 Å². The fourth-order valence-electron chi connectivity index (χ4n) is 2.39. The minimum Gasteiger partial charge on any atom is -0.508 e. The number of hydrogen-bond donors (Lipinski definition) is 3. The Bertz CT molecular complexity index is 429. The molecule has 0 aliphatic heterocycles. The molecule has 1 aliphatic carbocycles. The van der Waals surface area contributed by atoms with Gasteiger partial charge in [0.15, 0.2) is 0 Å². The van der Waals surface area contributed by atoms with Gasteiger partial charge in [-0.05, 0) is 44.7 Å². The van der Waals surface area contributed by atoms with Gasteiger partial charge in [-0.2, -0.15) is 0 Å². The van der Waals surface area contributed by atoms with E-state index in [1.54, 1.807) is 12.1 Å². The molecule has 1 aliphatic rings. The lowest BCUT2D eigenvalue weighted by atomic mass is 9.94. The van der Waals surface area contributed by atoms with Crippen molar-refractivity contribution < 1.29 is 10.2 Å². The van der Waals surface area contributed by atoms with E-state index in [4.69, 9.17) is 0 Å². The van der Waals surface area contributed by atoms with Gasteiger partial charge in [0.2, 0.25) is 0 Å². The number of rotatable bonds is 4. The van der Waals surface area contributed by atoms with Crippen molar-refractivity contribution in [1.82, 2.24) is 5.32 Å². The van der Waals surface area contributed by atoms with Crippen LogP contribution in [-0.2, 0) is 0 Å². The molecule has 3 N–H and O–H groups in total. The van der Waals surface area contributed by atoms with Crippen LogP contribution < -0.4 is 5.32 Å². The second kappa shape index (κ2) is 5.91. The first-order valence-electron chi connectivity index (χ1n) is 6.57. The third kappa shape index (κ3) is 3.26. The zero-order valence-corrected chi connectivity index (χ0v) is 10.8. The van der Waals surface area contributed by atoms with Crippen LogP contribution in [0.4, 0.5) is 0 Å². The molecule has 0 spiro atoms. The predicted molar refractivity (Wildman–Crippen MR) is 72.7 cm³/mol. The lowest BCUT2D eigenvalue weighted by Gasteiger charge is -2.22. The Balaban J connectivity index is 1.90. The number of nitrogens with one attached hydrogen (secondary N) is 1. The summed E-state index contributed by atoms with van der Waals surface area (Å²) >= 11 is 0. The minimum absolute atomic E-state index is 0.0940. The Hall–Kier alpha value is -1.48. The Morgan fingerprint density at radius 2 is 2.17 bits per heavy atom. The highest BCUT2D eigenvalue weighted by Gasteiger charge is 2.14. The van der Waals surface area contributed by atoms with E-state index in [2.05, 4.69) is 17.5 Å². The summed E-state index contributed by atoms with van der Waals surface area (Å²) < 4.78 is 0. The van der Waals surface area contributed by atoms with Crippen molar-refractivity contribution in [3.63, 3.8) is 0 Å². The SMILES string of the molecule is CC(NCC1CC=CCC1)c1ccc(O)cc1O. The van der Waals surface area contributed by atoms with Crippen LogP contribution in [0.2, 0.25) is 0 Å². The van der Waals surface area contributed by atoms with Crippen LogP contribution in [0.15, 0.2) is 30.4 Å². The fraction of sp³-hybridized carbons (Fsp3) is 0.467. The maximum absolute atomic E-state index is 9.79. The van der Waals surface area contributed by atoms with Gasteiger partial charge in [-0.25, -0.2) is 0 Å². The third-order valence-electron chi connectivity index (χ3n) is 3.57. The van der Waals surface area contributed by atoms with Gasteiger partial charge >= 0.3 is 0 Å². The van der Waals surface area contributed by atoms with E-state index in [1.807, 2.05) is 6.92 Å². The smallest absolute Gasteiger partial charge is 0.124 e. The van der Waals surface area contributed by atoms with E-state index in [0.29, 0.717) is 5.92 Å². The Morgan fingerprint density at radius 1 is 1.33 bits per heavy atom. The maximum Gasteiger partial charge on any atom is 0.124 e. The van der Waals surface area contributed by atoms with Crippen molar-refractivity contribution in [2.24, 2.45) is 5.92 Å². The molecular weight excluding hydrogens is 226 g/mol. The molecule has 0 radical (unpaired) electrons. The molecule has 3 nitrogen and oxygen atoms in total. The van der Waals surface area contributed by atoms with E-state index >= 15 is 0 Å². The summed E-state index contributed by atoms with van der Waals surface area (Å²) in [4.78, 5) is 0. The molecule has 1 aromatic carbocycles. The Morgan fingerprint density at radius 3 is 2.83 bits per heavy atom. The number of benzene rings is 1. The van der Waals surface area contributed by atoms with E-state index < -0.39 is 0 Å². The van der Waals surface area contributed by atoms with E-state index in [0.717, 1.165) is 18.5 Å². The van der Waals surface area contributed by atoms with Gasteiger partial charge in [-0.15, -0.1) is 0 Å². The highest BCUT2D eigenvalue weighted by atomic mass is 16.3. The van der Waals surface area contributed by atoms with Crippen LogP contribution >= 0.6 is 0 Å². The molecule has 2 rings (SSSR count). The molecule has 18 heavy (non-hydrogen) atoms. The lowest BCUT2D eigenvalue weighted by molar-refractivity contribution is 0.402. The van der Waals surface area contributed by atoms with Crippen molar-refractivity contribution in [1.29, 1.82) is 0 Å². The monoisotopic (exact) mass is 247 g/mol. The van der Waals surface area contributed by atoms with Crippen LogP contribution in [0, 0.1) is 5.92 Å². The fourth-order valence-corrected chi connectivity index (χ4v) is 2.39. The zero-order chi connectivity index (χ0) is 13.0. The second-order valence-corrected chi connectivity index (χ2v) is 5.02. The summed E-state index contributed by atoms with van der Waals surface area (Å²) in [5.41, 5.74) is 0.833. The number of aromatic hydroxyl groups is 2. The average molecular weight is 247 g/mol. The summed E-state index contributed by atoms with van der Waals surface area (Å²) in [6.45, 7) is 3.00. The summed E-state index contributed by atoms with van der Waals surface area (Å²) in [5.74, 6) is 0.941. The van der Waals surface area contributed by atoms with Gasteiger partial charge < -0.3 is 15.5 Å². The quantitative estimate of drug-likeness (QED) is 0.717. The van der Waals surface area contributed by atoms with Crippen LogP contribution in [0.25, 0.3) is 0 Å². The van der Waals surface area contributed by atoms with Crippen molar-refractivity contribution in [2.45, 2.75) is 32.2 Å². The summed E-state index contributed by atoms with van der Waals surface area (Å²) in [6, 6.07) is 4.85. The standard InChI is InChI=1S/C15H21NO2/c1-11(14-8-7-13(17)9-15(14)18)16-10-12-5-3-2-4-6-12/h2-3,7-9,11-12,16-18H,4-6,10H2,1H3. The van der Waals surface area contributed by atoms with Gasteiger partial charge in [0.25, 0.3) is 0 Å². The number of phenols is 2. The third-order valence-corrected chi connectivity index (χ3v) is 3.57. The maximum atomic E-state index is 9.79. The molecular formula is C15H21NO2. The summed E-state index contributed by atoms with van der Waals surface area (Å²) in [6.07, 6.45) is 8.04. The molecule has 0 amide bonds. The van der Waals surface area contributed by atoms with Gasteiger partial charge in [0.1, 0.15) is 11.5 Å². The van der Waals surface area contributed by atoms with Gasteiger partial charge in [-0.1, -0.05) is 18.2 Å². The molecule has 0 fully saturated rings. The predicted octanol–water partition coefficient (Wildman–Crippen LogP) is 3.10. The first kappa shape index (κ1) is 13.0. The summed E-state index contributed by atoms with van der Waals surface area (Å²) in [5, 5.41) is 22.5. The van der Waals surface area contributed by atoms with Crippen LogP contribution in [-0.4, -0.2) is 16.8 Å². The first-order valence-corrected chi connectivity index (χ1v) is 6.57. The van der Waals surface area contributed by atoms with E-state index in [9.17, 15) is 10.2 Å². The molecule has 1 aromatic rings. The molecule has 0 bridgehead atoms. The van der Waals surface area contributed by atoms with Gasteiger partial charge in [0.05, 0.1) is 0 Å². The highest BCUT2D eigenvalue weighted by Crippen LogP contribution is 2.28. The molecule has 0 heterocycles. The van der Waals surface area contributed by atoms with Crippen LogP contribution in [0.3, 0.4) is 0 Å². The highest BCUT2D eigenvalue weighted by molar-refractivity contribution is 5.40. The Kier molecular flexibility index (Phi) is 4.26. The molecule has 0 saturated heterocycles. The number of allylic oxidation sites excluding steroid dienone is 2. The van der Waals surface area contributed by atoms with Crippen molar-refractivity contribution in [3.8, 4) is 11.5 Å². The molecule has 98 valence electrons. The largest absolute Gasteiger partial charge is 0.508 e. The topological polar surface area (TPSA) is 52.5 Å². The van der Waals surface area contributed by atoms with Crippen LogP contribution in [0.1, 0.15) is 37.8 Å². The van der Waals surface area contributed by atoms with Crippen molar-refractivity contribution >= 4 is 0 Å². The molecule has 3 heteroatoms. The molecule has 2 unspecified atom stereocenters. The lowest BCUT2D eigenvalue weighted by Crippen LogP contribution is -2.26. The normalized spacial score (nSPS) is 20.8. The molecule has 0 aromatic heterocycles. The second-order valence-electron chi connectivity index (χ2n) is 5.02. The average Bonchev–Trinajstić information content (AvgIpc) is 2.37. The van der Waals surface area contributed by atoms with E-state index in [-0.39, 0.29) is 17.5 Å².